The van der Waals surface area contributed by atoms with Gasteiger partial charge in [-0.25, -0.2) is 4.39 Å². The highest BCUT2D eigenvalue weighted by Crippen LogP contribution is 2.21. The van der Waals surface area contributed by atoms with Crippen molar-refractivity contribution < 1.29 is 4.39 Å². The van der Waals surface area contributed by atoms with Gasteiger partial charge >= 0.3 is 0 Å². The Bertz CT molecular complexity index is 566. The van der Waals surface area contributed by atoms with Gasteiger partial charge in [0.2, 0.25) is 0 Å². The summed E-state index contributed by atoms with van der Waals surface area (Å²) in [6, 6.07) is 8.91. The fourth-order valence-corrected chi connectivity index (χ4v) is 2.17. The van der Waals surface area contributed by atoms with E-state index < -0.39 is 0 Å². The zero-order chi connectivity index (χ0) is 14.5. The summed E-state index contributed by atoms with van der Waals surface area (Å²) < 4.78 is 14.0. The molecule has 0 saturated carbocycles. The zero-order valence-electron chi connectivity index (χ0n) is 11.9. The summed E-state index contributed by atoms with van der Waals surface area (Å²) in [7, 11) is 0. The lowest BCUT2D eigenvalue weighted by atomic mass is 10.00. The van der Waals surface area contributed by atoms with Gasteiger partial charge in [0.25, 0.3) is 0 Å². The average molecular weight is 273 g/mol. The van der Waals surface area contributed by atoms with Crippen molar-refractivity contribution >= 4 is 0 Å². The third kappa shape index (κ3) is 3.40. The fraction of sp³-hybridized carbons (Fsp3) is 0.312. The van der Waals surface area contributed by atoms with Crippen LogP contribution < -0.4 is 11.3 Å². The van der Waals surface area contributed by atoms with Gasteiger partial charge in [-0.15, -0.1) is 0 Å². The zero-order valence-corrected chi connectivity index (χ0v) is 11.9. The fourth-order valence-electron chi connectivity index (χ4n) is 2.17. The monoisotopic (exact) mass is 273 g/mol. The van der Waals surface area contributed by atoms with Crippen molar-refractivity contribution in [2.75, 3.05) is 0 Å². The number of nitrogens with two attached hydrogens (primary N) is 1. The third-order valence-corrected chi connectivity index (χ3v) is 3.44. The van der Waals surface area contributed by atoms with Crippen LogP contribution in [-0.2, 0) is 12.8 Å². The molecule has 1 aromatic carbocycles. The smallest absolute Gasteiger partial charge is 0.128 e. The van der Waals surface area contributed by atoms with Gasteiger partial charge in [0.05, 0.1) is 6.04 Å². The molecule has 0 amide bonds. The second-order valence-corrected chi connectivity index (χ2v) is 4.96. The van der Waals surface area contributed by atoms with E-state index in [1.165, 1.54) is 11.6 Å². The summed E-state index contributed by atoms with van der Waals surface area (Å²) in [5.41, 5.74) is 6.22. The predicted molar refractivity (Wildman–Crippen MR) is 78.5 cm³/mol. The van der Waals surface area contributed by atoms with Crippen LogP contribution >= 0.6 is 0 Å². The van der Waals surface area contributed by atoms with Crippen LogP contribution in [0.4, 0.5) is 4.39 Å². The van der Waals surface area contributed by atoms with Crippen LogP contribution in [0.3, 0.4) is 0 Å². The Kier molecular flexibility index (Phi) is 4.82. The number of rotatable bonds is 5. The van der Waals surface area contributed by atoms with E-state index in [-0.39, 0.29) is 11.9 Å². The molecule has 1 heterocycles. The second-order valence-electron chi connectivity index (χ2n) is 4.96. The van der Waals surface area contributed by atoms with Gasteiger partial charge in [0.15, 0.2) is 0 Å². The summed E-state index contributed by atoms with van der Waals surface area (Å²) in [5.74, 6) is 5.33. The summed E-state index contributed by atoms with van der Waals surface area (Å²) in [6.07, 6.45) is 3.37. The molecule has 4 heteroatoms. The maximum atomic E-state index is 14.0. The number of hydrogen-bond acceptors (Lipinski definition) is 3. The average Bonchev–Trinajstić information content (AvgIpc) is 2.46. The van der Waals surface area contributed by atoms with E-state index in [0.717, 1.165) is 17.7 Å². The summed E-state index contributed by atoms with van der Waals surface area (Å²) in [5, 5.41) is 0. The van der Waals surface area contributed by atoms with Crippen molar-refractivity contribution in [3.05, 3.63) is 64.7 Å². The molecule has 106 valence electrons. The highest BCUT2D eigenvalue weighted by Gasteiger charge is 2.15. The van der Waals surface area contributed by atoms with Crippen molar-refractivity contribution in [3.8, 4) is 0 Å². The van der Waals surface area contributed by atoms with E-state index in [2.05, 4.69) is 17.3 Å². The molecule has 1 unspecified atom stereocenters. The molecule has 3 N–H and O–H groups in total. The lowest BCUT2D eigenvalue weighted by Crippen LogP contribution is -2.30. The number of hydrazine groups is 1. The highest BCUT2D eigenvalue weighted by atomic mass is 19.1. The van der Waals surface area contributed by atoms with E-state index in [1.54, 1.807) is 6.07 Å². The van der Waals surface area contributed by atoms with Crippen molar-refractivity contribution in [1.29, 1.82) is 0 Å². The molecular formula is C16H20FN3. The second kappa shape index (κ2) is 6.59. The first-order valence-corrected chi connectivity index (χ1v) is 6.80. The first-order chi connectivity index (χ1) is 9.63. The molecule has 0 fully saturated rings. The van der Waals surface area contributed by atoms with Gasteiger partial charge in [0.1, 0.15) is 5.82 Å². The van der Waals surface area contributed by atoms with E-state index in [0.29, 0.717) is 12.0 Å². The summed E-state index contributed by atoms with van der Waals surface area (Å²) >= 11 is 0. The Labute approximate surface area is 119 Å². The number of nitrogens with one attached hydrogen (secondary N) is 1. The quantitative estimate of drug-likeness (QED) is 0.650. The minimum absolute atomic E-state index is 0.238. The minimum atomic E-state index is -0.282. The van der Waals surface area contributed by atoms with Gasteiger partial charge in [0, 0.05) is 23.9 Å². The number of aromatic nitrogens is 1. The lowest BCUT2D eigenvalue weighted by molar-refractivity contribution is 0.506. The molecule has 2 aromatic rings. The number of aryl methyl sites for hydroxylation is 2. The maximum absolute atomic E-state index is 14.0. The van der Waals surface area contributed by atoms with Gasteiger partial charge in [-0.05, 0) is 36.6 Å². The van der Waals surface area contributed by atoms with Crippen LogP contribution in [0.15, 0.2) is 36.5 Å². The Morgan fingerprint density at radius 2 is 2.10 bits per heavy atom. The van der Waals surface area contributed by atoms with Crippen molar-refractivity contribution in [3.63, 3.8) is 0 Å². The number of benzene rings is 1. The third-order valence-electron chi connectivity index (χ3n) is 3.44. The Balaban J connectivity index is 2.19. The van der Waals surface area contributed by atoms with Crippen molar-refractivity contribution in [2.24, 2.45) is 5.84 Å². The molecule has 0 radical (unpaired) electrons. The van der Waals surface area contributed by atoms with Crippen LogP contribution in [0, 0.1) is 12.7 Å². The molecule has 0 bridgehead atoms. The summed E-state index contributed by atoms with van der Waals surface area (Å²) in [4.78, 5) is 4.39. The number of halogens is 1. The van der Waals surface area contributed by atoms with Crippen molar-refractivity contribution in [2.45, 2.75) is 32.7 Å². The molecule has 20 heavy (non-hydrogen) atoms. The van der Waals surface area contributed by atoms with Gasteiger partial charge < -0.3 is 0 Å². The molecule has 0 saturated heterocycles. The largest absolute Gasteiger partial charge is 0.271 e. The lowest BCUT2D eigenvalue weighted by Gasteiger charge is -2.17. The summed E-state index contributed by atoms with van der Waals surface area (Å²) in [6.45, 7) is 3.95. The van der Waals surface area contributed by atoms with Crippen LogP contribution in [-0.4, -0.2) is 4.98 Å². The Morgan fingerprint density at radius 1 is 1.30 bits per heavy atom. The van der Waals surface area contributed by atoms with E-state index in [4.69, 9.17) is 5.84 Å². The van der Waals surface area contributed by atoms with Crippen LogP contribution in [0.25, 0.3) is 0 Å². The molecule has 1 atom stereocenters. The van der Waals surface area contributed by atoms with Gasteiger partial charge in [-0.2, -0.15) is 0 Å². The molecule has 0 aliphatic heterocycles. The topological polar surface area (TPSA) is 50.9 Å². The molecule has 1 aromatic heterocycles. The normalized spacial score (nSPS) is 12.4. The van der Waals surface area contributed by atoms with E-state index in [1.807, 2.05) is 31.3 Å². The van der Waals surface area contributed by atoms with Gasteiger partial charge in [-0.3, -0.25) is 16.3 Å². The van der Waals surface area contributed by atoms with E-state index in [9.17, 15) is 4.39 Å². The number of pyridine rings is 1. The SMILES string of the molecule is CCc1ccc(CC(NN)c2ccc(C)cc2F)nc1. The molecule has 0 aliphatic rings. The molecule has 2 rings (SSSR count). The Hall–Kier alpha value is -1.78. The first-order valence-electron chi connectivity index (χ1n) is 6.80. The maximum Gasteiger partial charge on any atom is 0.128 e. The predicted octanol–water partition coefficient (Wildman–Crippen LogP) is 2.84. The molecular weight excluding hydrogens is 253 g/mol. The highest BCUT2D eigenvalue weighted by molar-refractivity contribution is 5.27. The number of nitrogens with zero attached hydrogens (tertiary/aromatic N) is 1. The van der Waals surface area contributed by atoms with Crippen molar-refractivity contribution in [1.82, 2.24) is 10.4 Å². The Morgan fingerprint density at radius 3 is 2.65 bits per heavy atom. The van der Waals surface area contributed by atoms with Crippen LogP contribution in [0.1, 0.15) is 35.3 Å². The van der Waals surface area contributed by atoms with E-state index >= 15 is 0 Å². The number of hydrogen-bond donors (Lipinski definition) is 2. The molecule has 0 aliphatic carbocycles. The minimum Gasteiger partial charge on any atom is -0.271 e. The van der Waals surface area contributed by atoms with Crippen LogP contribution in [0.5, 0.6) is 0 Å². The molecule has 3 nitrogen and oxygen atoms in total. The standard InChI is InChI=1S/C16H20FN3/c1-3-12-5-6-13(19-10-12)9-16(20-18)14-7-4-11(2)8-15(14)17/h4-8,10,16,20H,3,9,18H2,1-2H3. The first kappa shape index (κ1) is 14.6. The van der Waals surface area contributed by atoms with Gasteiger partial charge in [-0.1, -0.05) is 25.1 Å². The van der Waals surface area contributed by atoms with Crippen LogP contribution in [0.2, 0.25) is 0 Å². The molecule has 0 spiro atoms.